The molecule has 0 aliphatic rings. The van der Waals surface area contributed by atoms with Gasteiger partial charge in [0, 0.05) is 22.3 Å². The van der Waals surface area contributed by atoms with Gasteiger partial charge in [-0.15, -0.1) is 0 Å². The van der Waals surface area contributed by atoms with Crippen LogP contribution in [-0.4, -0.2) is 17.6 Å². The number of halogens is 1. The number of nitrogens with two attached hydrogens (primary N) is 1. The van der Waals surface area contributed by atoms with Crippen LogP contribution in [0.4, 0.5) is 5.69 Å². The van der Waals surface area contributed by atoms with Crippen molar-refractivity contribution in [1.29, 1.82) is 0 Å². The smallest absolute Gasteiger partial charge is 0.248 e. The molecule has 0 radical (unpaired) electrons. The Morgan fingerprint density at radius 1 is 1.25 bits per heavy atom. The molecule has 2 aromatic rings. The number of aliphatic hydroxyl groups is 1. The van der Waals surface area contributed by atoms with Crippen molar-refractivity contribution in [1.82, 2.24) is 0 Å². The summed E-state index contributed by atoms with van der Waals surface area (Å²) in [5.74, 6) is -0.453. The van der Waals surface area contributed by atoms with Crippen LogP contribution >= 0.6 is 15.9 Å². The van der Waals surface area contributed by atoms with E-state index in [1.54, 1.807) is 24.3 Å². The van der Waals surface area contributed by atoms with Crippen molar-refractivity contribution in [2.45, 2.75) is 6.10 Å². The van der Waals surface area contributed by atoms with Gasteiger partial charge in [-0.05, 0) is 42.0 Å². The van der Waals surface area contributed by atoms with Gasteiger partial charge in [-0.25, -0.2) is 0 Å². The minimum absolute atomic E-state index is 0.381. The van der Waals surface area contributed by atoms with Gasteiger partial charge >= 0.3 is 0 Å². The number of benzene rings is 2. The second-order valence-electron chi connectivity index (χ2n) is 4.39. The summed E-state index contributed by atoms with van der Waals surface area (Å²) in [6.45, 7) is 0.381. The van der Waals surface area contributed by atoms with Crippen molar-refractivity contribution in [3.05, 3.63) is 64.1 Å². The first-order chi connectivity index (χ1) is 9.56. The lowest BCUT2D eigenvalue weighted by Crippen LogP contribution is -2.13. The maximum Gasteiger partial charge on any atom is 0.248 e. The highest BCUT2D eigenvalue weighted by molar-refractivity contribution is 9.10. The highest BCUT2D eigenvalue weighted by Gasteiger charge is 2.07. The highest BCUT2D eigenvalue weighted by atomic mass is 79.9. The van der Waals surface area contributed by atoms with Gasteiger partial charge in [0.1, 0.15) is 0 Å². The van der Waals surface area contributed by atoms with E-state index in [2.05, 4.69) is 21.2 Å². The van der Waals surface area contributed by atoms with Crippen LogP contribution in [-0.2, 0) is 0 Å². The number of primary amides is 1. The number of anilines is 1. The predicted molar refractivity (Wildman–Crippen MR) is 82.6 cm³/mol. The van der Waals surface area contributed by atoms with Gasteiger partial charge in [0.25, 0.3) is 0 Å². The molecule has 1 atom stereocenters. The van der Waals surface area contributed by atoms with Crippen molar-refractivity contribution in [3.63, 3.8) is 0 Å². The third-order valence-electron chi connectivity index (χ3n) is 2.90. The summed E-state index contributed by atoms with van der Waals surface area (Å²) in [6.07, 6.45) is -0.608. The normalized spacial score (nSPS) is 11.9. The monoisotopic (exact) mass is 334 g/mol. The number of hydrogen-bond acceptors (Lipinski definition) is 3. The summed E-state index contributed by atoms with van der Waals surface area (Å²) in [4.78, 5) is 11.0. The molecule has 0 fully saturated rings. The molecule has 1 unspecified atom stereocenters. The van der Waals surface area contributed by atoms with Gasteiger partial charge in [0.15, 0.2) is 0 Å². The van der Waals surface area contributed by atoms with Crippen molar-refractivity contribution in [2.75, 3.05) is 11.9 Å². The molecule has 0 aliphatic carbocycles. The lowest BCUT2D eigenvalue weighted by Gasteiger charge is -2.13. The molecule has 4 N–H and O–H groups in total. The van der Waals surface area contributed by atoms with Gasteiger partial charge in [0.2, 0.25) is 5.91 Å². The summed E-state index contributed by atoms with van der Waals surface area (Å²) in [6, 6.07) is 14.3. The molecule has 0 spiro atoms. The SMILES string of the molecule is NC(=O)c1ccc(NCC(O)c2cccc(Br)c2)cc1. The molecule has 2 aromatic carbocycles. The van der Waals surface area contributed by atoms with E-state index in [0.717, 1.165) is 15.7 Å². The second-order valence-corrected chi connectivity index (χ2v) is 5.31. The molecule has 104 valence electrons. The first-order valence-corrected chi connectivity index (χ1v) is 6.93. The Labute approximate surface area is 125 Å². The number of carbonyl (C=O) groups is 1. The summed E-state index contributed by atoms with van der Waals surface area (Å²) in [5, 5.41) is 13.2. The number of amides is 1. The third-order valence-corrected chi connectivity index (χ3v) is 3.40. The zero-order valence-corrected chi connectivity index (χ0v) is 12.3. The van der Waals surface area contributed by atoms with E-state index in [1.165, 1.54) is 0 Å². The summed E-state index contributed by atoms with van der Waals surface area (Å²) in [7, 11) is 0. The summed E-state index contributed by atoms with van der Waals surface area (Å²) >= 11 is 3.37. The molecule has 0 bridgehead atoms. The van der Waals surface area contributed by atoms with Crippen molar-refractivity contribution < 1.29 is 9.90 Å². The van der Waals surface area contributed by atoms with Gasteiger partial charge < -0.3 is 16.2 Å². The van der Waals surface area contributed by atoms with Gasteiger partial charge in [-0.2, -0.15) is 0 Å². The van der Waals surface area contributed by atoms with E-state index in [4.69, 9.17) is 5.73 Å². The van der Waals surface area contributed by atoms with E-state index in [9.17, 15) is 9.90 Å². The van der Waals surface area contributed by atoms with Crippen LogP contribution < -0.4 is 11.1 Å². The fraction of sp³-hybridized carbons (Fsp3) is 0.133. The van der Waals surface area contributed by atoms with Crippen LogP contribution in [0, 0.1) is 0 Å². The van der Waals surface area contributed by atoms with Crippen molar-refractivity contribution in [3.8, 4) is 0 Å². The van der Waals surface area contributed by atoms with Crippen LogP contribution in [0.25, 0.3) is 0 Å². The van der Waals surface area contributed by atoms with Crippen LogP contribution in [0.3, 0.4) is 0 Å². The lowest BCUT2D eigenvalue weighted by atomic mass is 10.1. The Hall–Kier alpha value is -1.85. The number of carbonyl (C=O) groups excluding carboxylic acids is 1. The predicted octanol–water partition coefficient (Wildman–Crippen LogP) is 2.69. The van der Waals surface area contributed by atoms with Crippen molar-refractivity contribution in [2.24, 2.45) is 5.73 Å². The van der Waals surface area contributed by atoms with Crippen LogP contribution in [0.5, 0.6) is 0 Å². The van der Waals surface area contributed by atoms with Gasteiger partial charge in [0.05, 0.1) is 6.10 Å². The first-order valence-electron chi connectivity index (χ1n) is 6.13. The third kappa shape index (κ3) is 3.82. The molecule has 1 amide bonds. The number of hydrogen-bond donors (Lipinski definition) is 3. The molecular formula is C15H15BrN2O2. The second kappa shape index (κ2) is 6.54. The molecule has 5 heteroatoms. The fourth-order valence-electron chi connectivity index (χ4n) is 1.80. The summed E-state index contributed by atoms with van der Waals surface area (Å²) < 4.78 is 0.930. The minimum atomic E-state index is -0.608. The lowest BCUT2D eigenvalue weighted by molar-refractivity contribution is 0.100. The molecule has 20 heavy (non-hydrogen) atoms. The highest BCUT2D eigenvalue weighted by Crippen LogP contribution is 2.19. The molecule has 0 aromatic heterocycles. The molecule has 0 aliphatic heterocycles. The average molecular weight is 335 g/mol. The minimum Gasteiger partial charge on any atom is -0.387 e. The molecule has 0 saturated carbocycles. The standard InChI is InChI=1S/C15H15BrN2O2/c16-12-3-1-2-11(8-12)14(19)9-18-13-6-4-10(5-7-13)15(17)20/h1-8,14,18-19H,9H2,(H2,17,20). The molecular weight excluding hydrogens is 320 g/mol. The van der Waals surface area contributed by atoms with E-state index in [1.807, 2.05) is 24.3 Å². The first kappa shape index (κ1) is 14.6. The Morgan fingerprint density at radius 3 is 2.55 bits per heavy atom. The van der Waals surface area contributed by atoms with E-state index in [-0.39, 0.29) is 0 Å². The van der Waals surface area contributed by atoms with Gasteiger partial charge in [-0.1, -0.05) is 28.1 Å². The van der Waals surface area contributed by atoms with Crippen LogP contribution in [0.2, 0.25) is 0 Å². The van der Waals surface area contributed by atoms with Crippen LogP contribution in [0.15, 0.2) is 53.0 Å². The van der Waals surface area contributed by atoms with E-state index in [0.29, 0.717) is 12.1 Å². The van der Waals surface area contributed by atoms with E-state index < -0.39 is 12.0 Å². The molecule has 4 nitrogen and oxygen atoms in total. The Balaban J connectivity index is 1.96. The molecule has 0 saturated heterocycles. The average Bonchev–Trinajstić information content (AvgIpc) is 2.45. The maximum atomic E-state index is 11.0. The topological polar surface area (TPSA) is 75.4 Å². The largest absolute Gasteiger partial charge is 0.387 e. The van der Waals surface area contributed by atoms with E-state index >= 15 is 0 Å². The molecule has 2 rings (SSSR count). The molecule has 0 heterocycles. The summed E-state index contributed by atoms with van der Waals surface area (Å²) in [5.41, 5.74) is 7.29. The zero-order chi connectivity index (χ0) is 14.5. The zero-order valence-electron chi connectivity index (χ0n) is 10.7. The van der Waals surface area contributed by atoms with Gasteiger partial charge in [-0.3, -0.25) is 4.79 Å². The van der Waals surface area contributed by atoms with Crippen molar-refractivity contribution >= 4 is 27.5 Å². The Bertz CT molecular complexity index is 599. The van der Waals surface area contributed by atoms with Crippen LogP contribution in [0.1, 0.15) is 22.0 Å². The number of aliphatic hydroxyl groups excluding tert-OH is 1. The Kier molecular flexibility index (Phi) is 4.76. The maximum absolute atomic E-state index is 11.0. The Morgan fingerprint density at radius 2 is 1.95 bits per heavy atom. The number of rotatable bonds is 5. The fourth-order valence-corrected chi connectivity index (χ4v) is 2.22. The number of nitrogens with one attached hydrogen (secondary N) is 1. The quantitative estimate of drug-likeness (QED) is 0.786.